The quantitative estimate of drug-likeness (QED) is 0.797. The fourth-order valence-corrected chi connectivity index (χ4v) is 3.02. The lowest BCUT2D eigenvalue weighted by molar-refractivity contribution is 0.591. The fourth-order valence-electron chi connectivity index (χ4n) is 1.67. The van der Waals surface area contributed by atoms with E-state index in [9.17, 15) is 12.8 Å². The largest absolute Gasteiger partial charge is 0.334 e. The maximum atomic E-state index is 12.8. The van der Waals surface area contributed by atoms with Crippen LogP contribution in [-0.4, -0.2) is 18.0 Å². The van der Waals surface area contributed by atoms with E-state index in [0.717, 1.165) is 12.1 Å². The number of nitrogens with zero attached hydrogens (tertiary/aromatic N) is 2. The Kier molecular flexibility index (Phi) is 3.47. The molecule has 18 heavy (non-hydrogen) atoms. The molecule has 6 heteroatoms. The molecule has 0 spiro atoms. The molecule has 0 saturated carbocycles. The van der Waals surface area contributed by atoms with E-state index in [4.69, 9.17) is 0 Å². The second-order valence-corrected chi connectivity index (χ2v) is 5.87. The Morgan fingerprint density at radius 1 is 1.28 bits per heavy atom. The summed E-state index contributed by atoms with van der Waals surface area (Å²) in [5.74, 6) is -0.584. The number of hydrogen-bond acceptors (Lipinski definition) is 3. The van der Waals surface area contributed by atoms with E-state index in [-0.39, 0.29) is 10.6 Å². The molecule has 0 amide bonds. The van der Waals surface area contributed by atoms with Gasteiger partial charge in [-0.1, -0.05) is 0 Å². The summed E-state index contributed by atoms with van der Waals surface area (Å²) in [6, 6.07) is 4.84. The molecule has 0 aliphatic heterocycles. The van der Waals surface area contributed by atoms with E-state index in [0.29, 0.717) is 12.2 Å². The van der Waals surface area contributed by atoms with E-state index in [1.807, 2.05) is 6.92 Å². The number of hydrogen-bond donors (Lipinski definition) is 0. The maximum Gasteiger partial charge on any atom is 0.184 e. The van der Waals surface area contributed by atoms with Crippen molar-refractivity contribution in [3.05, 3.63) is 48.3 Å². The minimum Gasteiger partial charge on any atom is -0.334 e. The number of benzene rings is 1. The summed E-state index contributed by atoms with van der Waals surface area (Å²) >= 11 is 0. The Bertz CT molecular complexity index is 632. The second-order valence-electron chi connectivity index (χ2n) is 3.88. The van der Waals surface area contributed by atoms with E-state index < -0.39 is 15.7 Å². The monoisotopic (exact) mass is 268 g/mol. The Labute approximate surface area is 105 Å². The molecule has 0 fully saturated rings. The smallest absolute Gasteiger partial charge is 0.184 e. The zero-order chi connectivity index (χ0) is 13.2. The van der Waals surface area contributed by atoms with Gasteiger partial charge in [0, 0.05) is 12.7 Å². The number of halogens is 1. The molecule has 1 aromatic carbocycles. The number of aromatic nitrogens is 2. The summed E-state index contributed by atoms with van der Waals surface area (Å²) in [7, 11) is -3.46. The van der Waals surface area contributed by atoms with Crippen molar-refractivity contribution in [2.75, 3.05) is 0 Å². The standard InChI is InChI=1S/C12H13FN2O2S/c1-2-15-9-14-7-11(15)8-18(16,17)12-5-3-10(13)4-6-12/h3-7,9H,2,8H2,1H3. The van der Waals surface area contributed by atoms with Crippen LogP contribution in [-0.2, 0) is 22.1 Å². The molecule has 0 atom stereocenters. The molecule has 0 bridgehead atoms. The summed E-state index contributed by atoms with van der Waals surface area (Å²) in [5.41, 5.74) is 0.627. The lowest BCUT2D eigenvalue weighted by Gasteiger charge is -2.06. The van der Waals surface area contributed by atoms with Gasteiger partial charge in [-0.05, 0) is 31.2 Å². The molecule has 0 N–H and O–H groups in total. The van der Waals surface area contributed by atoms with Crippen molar-refractivity contribution in [1.82, 2.24) is 9.55 Å². The molecule has 1 aromatic heterocycles. The van der Waals surface area contributed by atoms with Crippen molar-refractivity contribution >= 4 is 9.84 Å². The van der Waals surface area contributed by atoms with Gasteiger partial charge in [0.25, 0.3) is 0 Å². The van der Waals surface area contributed by atoms with Gasteiger partial charge in [-0.25, -0.2) is 17.8 Å². The van der Waals surface area contributed by atoms with Crippen LogP contribution in [0.2, 0.25) is 0 Å². The Hall–Kier alpha value is -1.69. The molecule has 2 aromatic rings. The number of sulfone groups is 1. The lowest BCUT2D eigenvalue weighted by atomic mass is 10.4. The van der Waals surface area contributed by atoms with E-state index in [1.54, 1.807) is 10.9 Å². The van der Waals surface area contributed by atoms with Gasteiger partial charge >= 0.3 is 0 Å². The van der Waals surface area contributed by atoms with E-state index in [2.05, 4.69) is 4.98 Å². The van der Waals surface area contributed by atoms with Crippen LogP contribution in [0.15, 0.2) is 41.7 Å². The summed E-state index contributed by atoms with van der Waals surface area (Å²) in [6.45, 7) is 2.57. The zero-order valence-electron chi connectivity index (χ0n) is 9.88. The van der Waals surface area contributed by atoms with Gasteiger partial charge in [0.2, 0.25) is 0 Å². The zero-order valence-corrected chi connectivity index (χ0v) is 10.7. The maximum absolute atomic E-state index is 12.8. The second kappa shape index (κ2) is 4.89. The van der Waals surface area contributed by atoms with Crippen LogP contribution in [0.1, 0.15) is 12.6 Å². The topological polar surface area (TPSA) is 52.0 Å². The molecular weight excluding hydrogens is 255 g/mol. The van der Waals surface area contributed by atoms with E-state index >= 15 is 0 Å². The lowest BCUT2D eigenvalue weighted by Crippen LogP contribution is -2.09. The molecule has 0 saturated heterocycles. The van der Waals surface area contributed by atoms with Gasteiger partial charge in [0.1, 0.15) is 5.82 Å². The molecule has 2 rings (SSSR count). The minimum absolute atomic E-state index is 0.118. The molecule has 0 aliphatic rings. The molecule has 96 valence electrons. The molecule has 0 aliphatic carbocycles. The Morgan fingerprint density at radius 2 is 1.94 bits per heavy atom. The average Bonchev–Trinajstić information content (AvgIpc) is 2.76. The van der Waals surface area contributed by atoms with Crippen molar-refractivity contribution in [3.8, 4) is 0 Å². The van der Waals surface area contributed by atoms with Crippen LogP contribution in [0, 0.1) is 5.82 Å². The van der Waals surface area contributed by atoms with Gasteiger partial charge in [0.15, 0.2) is 9.84 Å². The van der Waals surface area contributed by atoms with Crippen molar-refractivity contribution in [1.29, 1.82) is 0 Å². The molecule has 0 unspecified atom stereocenters. The highest BCUT2D eigenvalue weighted by Crippen LogP contribution is 2.16. The number of rotatable bonds is 4. The Balaban J connectivity index is 2.30. The highest BCUT2D eigenvalue weighted by Gasteiger charge is 2.17. The summed E-state index contributed by atoms with van der Waals surface area (Å²) in [5, 5.41) is 0. The van der Waals surface area contributed by atoms with Crippen LogP contribution in [0.4, 0.5) is 4.39 Å². The third-order valence-corrected chi connectivity index (χ3v) is 4.32. The molecule has 4 nitrogen and oxygen atoms in total. The van der Waals surface area contributed by atoms with E-state index in [1.165, 1.54) is 18.3 Å². The summed E-state index contributed by atoms with van der Waals surface area (Å²) in [6.07, 6.45) is 3.13. The van der Waals surface area contributed by atoms with Crippen LogP contribution in [0.5, 0.6) is 0 Å². The average molecular weight is 268 g/mol. The van der Waals surface area contributed by atoms with Crippen molar-refractivity contribution in [3.63, 3.8) is 0 Å². The molecular formula is C12H13FN2O2S. The van der Waals surface area contributed by atoms with Gasteiger partial charge in [-0.2, -0.15) is 0 Å². The fraction of sp³-hybridized carbons (Fsp3) is 0.250. The first-order chi connectivity index (χ1) is 8.53. The van der Waals surface area contributed by atoms with Gasteiger partial charge in [0.05, 0.1) is 22.7 Å². The van der Waals surface area contributed by atoms with Gasteiger partial charge in [-0.15, -0.1) is 0 Å². The summed E-state index contributed by atoms with van der Waals surface area (Å²) in [4.78, 5) is 4.04. The highest BCUT2D eigenvalue weighted by molar-refractivity contribution is 7.90. The highest BCUT2D eigenvalue weighted by atomic mass is 32.2. The van der Waals surface area contributed by atoms with Crippen molar-refractivity contribution in [2.45, 2.75) is 24.1 Å². The third kappa shape index (κ3) is 2.59. The molecule has 0 radical (unpaired) electrons. The minimum atomic E-state index is -3.46. The summed E-state index contributed by atoms with van der Waals surface area (Å²) < 4.78 is 38.8. The normalized spacial score (nSPS) is 11.7. The predicted octanol–water partition coefficient (Wildman–Crippen LogP) is 2.02. The first kappa shape index (κ1) is 12.8. The first-order valence-electron chi connectivity index (χ1n) is 5.50. The van der Waals surface area contributed by atoms with Crippen molar-refractivity contribution in [2.24, 2.45) is 0 Å². The van der Waals surface area contributed by atoms with Gasteiger partial charge < -0.3 is 4.57 Å². The van der Waals surface area contributed by atoms with Crippen molar-refractivity contribution < 1.29 is 12.8 Å². The van der Waals surface area contributed by atoms with Gasteiger partial charge in [-0.3, -0.25) is 0 Å². The number of aryl methyl sites for hydroxylation is 1. The first-order valence-corrected chi connectivity index (χ1v) is 7.15. The number of imidazole rings is 1. The van der Waals surface area contributed by atoms with Crippen LogP contribution < -0.4 is 0 Å². The van der Waals surface area contributed by atoms with Crippen LogP contribution in [0.25, 0.3) is 0 Å². The SMILES string of the molecule is CCn1cncc1CS(=O)(=O)c1ccc(F)cc1. The Morgan fingerprint density at radius 3 is 2.56 bits per heavy atom. The van der Waals surface area contributed by atoms with Crippen LogP contribution in [0.3, 0.4) is 0 Å². The molecule has 1 heterocycles. The predicted molar refractivity (Wildman–Crippen MR) is 65.2 cm³/mol. The third-order valence-electron chi connectivity index (χ3n) is 2.65. The van der Waals surface area contributed by atoms with Crippen LogP contribution >= 0.6 is 0 Å².